The molecule has 2 rings (SSSR count). The topological polar surface area (TPSA) is 61.6 Å². The maximum Gasteiger partial charge on any atom is 0.323 e. The lowest BCUT2D eigenvalue weighted by molar-refractivity contribution is 0.138. The summed E-state index contributed by atoms with van der Waals surface area (Å²) < 4.78 is 4.92. The number of aryl methyl sites for hydroxylation is 1. The van der Waals surface area contributed by atoms with Gasteiger partial charge in [0.1, 0.15) is 5.76 Å². The highest BCUT2D eigenvalue weighted by Gasteiger charge is 2.21. The Labute approximate surface area is 113 Å². The number of nitrogens with zero attached hydrogens (tertiary/aromatic N) is 3. The highest BCUT2D eigenvalue weighted by molar-refractivity contribution is 5.88. The molecule has 1 fully saturated rings. The zero-order valence-electron chi connectivity index (χ0n) is 11.8. The number of hydrogen-bond acceptors (Lipinski definition) is 4. The summed E-state index contributed by atoms with van der Waals surface area (Å²) in [7, 11) is 0. The molecule has 0 atom stereocenters. The van der Waals surface area contributed by atoms with E-state index in [4.69, 9.17) is 4.52 Å². The molecule has 0 aliphatic carbocycles. The summed E-state index contributed by atoms with van der Waals surface area (Å²) in [6.07, 6.45) is 0. The Morgan fingerprint density at radius 1 is 1.42 bits per heavy atom. The predicted octanol–water partition coefficient (Wildman–Crippen LogP) is 1.79. The van der Waals surface area contributed by atoms with E-state index in [0.29, 0.717) is 17.5 Å². The van der Waals surface area contributed by atoms with Crippen molar-refractivity contribution in [3.05, 3.63) is 11.8 Å². The van der Waals surface area contributed by atoms with Crippen molar-refractivity contribution in [2.45, 2.75) is 20.8 Å². The molecule has 0 saturated carbocycles. The van der Waals surface area contributed by atoms with Gasteiger partial charge in [-0.05, 0) is 12.8 Å². The van der Waals surface area contributed by atoms with E-state index in [1.54, 1.807) is 13.0 Å². The van der Waals surface area contributed by atoms with Gasteiger partial charge in [-0.2, -0.15) is 0 Å². The molecule has 6 nitrogen and oxygen atoms in total. The highest BCUT2D eigenvalue weighted by Crippen LogP contribution is 2.10. The van der Waals surface area contributed by atoms with Crippen LogP contribution in [0.25, 0.3) is 0 Å². The van der Waals surface area contributed by atoms with Crippen LogP contribution in [-0.4, -0.2) is 53.7 Å². The number of nitrogens with one attached hydrogen (secondary N) is 1. The van der Waals surface area contributed by atoms with E-state index in [9.17, 15) is 4.79 Å². The van der Waals surface area contributed by atoms with Crippen molar-refractivity contribution in [1.82, 2.24) is 15.0 Å². The molecule has 1 aliphatic heterocycles. The molecule has 2 heterocycles. The minimum Gasteiger partial charge on any atom is -0.360 e. The minimum absolute atomic E-state index is 0.0995. The van der Waals surface area contributed by atoms with Crippen LogP contribution in [0.5, 0.6) is 0 Å². The lowest BCUT2D eigenvalue weighted by atomic mass is 10.2. The molecule has 0 radical (unpaired) electrons. The smallest absolute Gasteiger partial charge is 0.323 e. The number of rotatable bonds is 3. The second-order valence-electron chi connectivity index (χ2n) is 5.43. The fraction of sp³-hybridized carbons (Fsp3) is 0.692. The van der Waals surface area contributed by atoms with Gasteiger partial charge in [0.15, 0.2) is 5.82 Å². The Bertz CT molecular complexity index is 422. The molecule has 0 unspecified atom stereocenters. The van der Waals surface area contributed by atoms with Gasteiger partial charge < -0.3 is 9.42 Å². The summed E-state index contributed by atoms with van der Waals surface area (Å²) in [5.41, 5.74) is 0. The molecule has 0 spiro atoms. The fourth-order valence-corrected chi connectivity index (χ4v) is 2.26. The normalized spacial score (nSPS) is 16.9. The third-order valence-electron chi connectivity index (χ3n) is 3.15. The molecular formula is C13H22N4O2. The summed E-state index contributed by atoms with van der Waals surface area (Å²) >= 11 is 0. The third kappa shape index (κ3) is 3.96. The molecule has 1 aromatic heterocycles. The molecule has 1 aliphatic rings. The van der Waals surface area contributed by atoms with Crippen LogP contribution in [0.3, 0.4) is 0 Å². The number of aromatic nitrogens is 1. The molecular weight excluding hydrogens is 244 g/mol. The molecule has 1 N–H and O–H groups in total. The molecule has 0 aromatic carbocycles. The average molecular weight is 266 g/mol. The molecule has 106 valence electrons. The monoisotopic (exact) mass is 266 g/mol. The molecule has 1 aromatic rings. The van der Waals surface area contributed by atoms with Crippen LogP contribution in [0.1, 0.15) is 19.6 Å². The molecule has 2 amide bonds. The van der Waals surface area contributed by atoms with Gasteiger partial charge in [0, 0.05) is 38.8 Å². The number of urea groups is 1. The minimum atomic E-state index is -0.0995. The van der Waals surface area contributed by atoms with Gasteiger partial charge in [-0.15, -0.1) is 0 Å². The number of carbonyl (C=O) groups excluding carboxylic acids is 1. The Kier molecular flexibility index (Phi) is 4.42. The Hall–Kier alpha value is -1.56. The summed E-state index contributed by atoms with van der Waals surface area (Å²) in [5.74, 6) is 1.84. The summed E-state index contributed by atoms with van der Waals surface area (Å²) in [6, 6.07) is 1.62. The van der Waals surface area contributed by atoms with E-state index in [1.165, 1.54) is 0 Å². The van der Waals surface area contributed by atoms with Crippen molar-refractivity contribution in [2.24, 2.45) is 5.92 Å². The maximum atomic E-state index is 12.0. The number of piperazine rings is 1. The van der Waals surface area contributed by atoms with Crippen LogP contribution in [-0.2, 0) is 0 Å². The van der Waals surface area contributed by atoms with Crippen LogP contribution in [0.15, 0.2) is 10.6 Å². The van der Waals surface area contributed by atoms with Crippen LogP contribution in [0, 0.1) is 12.8 Å². The lowest BCUT2D eigenvalue weighted by Crippen LogP contribution is -2.50. The van der Waals surface area contributed by atoms with E-state index in [2.05, 4.69) is 29.2 Å². The van der Waals surface area contributed by atoms with Crippen LogP contribution >= 0.6 is 0 Å². The third-order valence-corrected chi connectivity index (χ3v) is 3.15. The van der Waals surface area contributed by atoms with E-state index >= 15 is 0 Å². The van der Waals surface area contributed by atoms with Crippen molar-refractivity contribution < 1.29 is 9.32 Å². The van der Waals surface area contributed by atoms with E-state index < -0.39 is 0 Å². The van der Waals surface area contributed by atoms with E-state index in [1.807, 2.05) is 4.90 Å². The van der Waals surface area contributed by atoms with E-state index in [0.717, 1.165) is 32.7 Å². The standard InChI is InChI=1S/C13H22N4O2/c1-10(2)9-16-4-6-17(7-5-16)13(18)14-12-8-11(3)19-15-12/h8,10H,4-7,9H2,1-3H3,(H,14,15,18). The number of amides is 2. The number of carbonyl (C=O) groups is 1. The summed E-state index contributed by atoms with van der Waals surface area (Å²) in [6.45, 7) is 10.7. The average Bonchev–Trinajstić information content (AvgIpc) is 2.75. The second kappa shape index (κ2) is 6.06. The van der Waals surface area contributed by atoms with Crippen molar-refractivity contribution in [3.8, 4) is 0 Å². The van der Waals surface area contributed by atoms with Gasteiger partial charge in [-0.1, -0.05) is 19.0 Å². The first-order chi connectivity index (χ1) is 9.04. The first-order valence-corrected chi connectivity index (χ1v) is 6.76. The summed E-state index contributed by atoms with van der Waals surface area (Å²) in [4.78, 5) is 16.2. The molecule has 0 bridgehead atoms. The number of hydrogen-bond donors (Lipinski definition) is 1. The zero-order valence-corrected chi connectivity index (χ0v) is 11.8. The molecule has 19 heavy (non-hydrogen) atoms. The summed E-state index contributed by atoms with van der Waals surface area (Å²) in [5, 5.41) is 6.51. The van der Waals surface area contributed by atoms with Gasteiger partial charge in [0.25, 0.3) is 0 Å². The van der Waals surface area contributed by atoms with Crippen LogP contribution < -0.4 is 5.32 Å². The Morgan fingerprint density at radius 3 is 2.63 bits per heavy atom. The van der Waals surface area contributed by atoms with Crippen molar-refractivity contribution in [1.29, 1.82) is 0 Å². The van der Waals surface area contributed by atoms with Gasteiger partial charge in [0.05, 0.1) is 0 Å². The molecule has 6 heteroatoms. The number of anilines is 1. The van der Waals surface area contributed by atoms with E-state index in [-0.39, 0.29) is 6.03 Å². The largest absolute Gasteiger partial charge is 0.360 e. The van der Waals surface area contributed by atoms with Crippen LogP contribution in [0.4, 0.5) is 10.6 Å². The van der Waals surface area contributed by atoms with Gasteiger partial charge in [-0.25, -0.2) is 4.79 Å². The molecule has 1 saturated heterocycles. The van der Waals surface area contributed by atoms with Crippen molar-refractivity contribution in [3.63, 3.8) is 0 Å². The Morgan fingerprint density at radius 2 is 2.11 bits per heavy atom. The maximum absolute atomic E-state index is 12.0. The second-order valence-corrected chi connectivity index (χ2v) is 5.43. The highest BCUT2D eigenvalue weighted by atomic mass is 16.5. The predicted molar refractivity (Wildman–Crippen MR) is 73.1 cm³/mol. The zero-order chi connectivity index (χ0) is 13.8. The lowest BCUT2D eigenvalue weighted by Gasteiger charge is -2.35. The van der Waals surface area contributed by atoms with Gasteiger partial charge in [0.2, 0.25) is 0 Å². The SMILES string of the molecule is Cc1cc(NC(=O)N2CCN(CC(C)C)CC2)no1. The first kappa shape index (κ1) is 13.9. The van der Waals surface area contributed by atoms with Crippen molar-refractivity contribution >= 4 is 11.8 Å². The van der Waals surface area contributed by atoms with Crippen LogP contribution in [0.2, 0.25) is 0 Å². The van der Waals surface area contributed by atoms with Gasteiger partial charge >= 0.3 is 6.03 Å². The quantitative estimate of drug-likeness (QED) is 0.906. The Balaban J connectivity index is 1.79. The van der Waals surface area contributed by atoms with Gasteiger partial charge in [-0.3, -0.25) is 10.2 Å². The first-order valence-electron chi connectivity index (χ1n) is 6.76. The fourth-order valence-electron chi connectivity index (χ4n) is 2.26. The van der Waals surface area contributed by atoms with Crippen molar-refractivity contribution in [2.75, 3.05) is 38.0 Å².